The molecule has 0 radical (unpaired) electrons. The Morgan fingerprint density at radius 2 is 2.00 bits per heavy atom. The lowest BCUT2D eigenvalue weighted by Crippen LogP contribution is -2.42. The molecule has 0 saturated carbocycles. The summed E-state index contributed by atoms with van der Waals surface area (Å²) in [5, 5.41) is 2.78. The van der Waals surface area contributed by atoms with Crippen molar-refractivity contribution in [3.8, 4) is 17.2 Å². The number of methoxy groups -OCH3 is 1. The molecule has 4 rings (SSSR count). The summed E-state index contributed by atoms with van der Waals surface area (Å²) < 4.78 is 51.4. The molecule has 0 aliphatic carbocycles. The fourth-order valence-electron chi connectivity index (χ4n) is 3.90. The van der Waals surface area contributed by atoms with Crippen LogP contribution in [0.2, 0.25) is 0 Å². The number of aliphatic imine (C=N–C) groups is 1. The van der Waals surface area contributed by atoms with Crippen LogP contribution in [-0.2, 0) is 6.18 Å². The van der Waals surface area contributed by atoms with Gasteiger partial charge in [0.25, 0.3) is 0 Å². The average molecular weight is 474 g/mol. The van der Waals surface area contributed by atoms with Crippen LogP contribution in [0.4, 0.5) is 23.7 Å². The van der Waals surface area contributed by atoms with Gasteiger partial charge >= 0.3 is 12.2 Å². The standard InChI is InChI=1S/C24H25F3N4O3/c1-3-9-28-23(32)31-11-4-10-30(12-13-31)22-18-7-6-17(33-2)15-21(18)34-20-8-5-16(24(25,26)27)14-19(20)29-22/h3,5-8,14-15H,1,4,9-13H2,2H3,(H,28,32). The Morgan fingerprint density at radius 1 is 1.18 bits per heavy atom. The minimum atomic E-state index is -4.50. The van der Waals surface area contributed by atoms with Gasteiger partial charge in [0.15, 0.2) is 5.75 Å². The Balaban J connectivity index is 1.71. The number of halogens is 3. The second-order valence-electron chi connectivity index (χ2n) is 7.88. The van der Waals surface area contributed by atoms with Gasteiger partial charge in [-0.15, -0.1) is 6.58 Å². The first kappa shape index (κ1) is 23.5. The highest BCUT2D eigenvalue weighted by Gasteiger charge is 2.33. The topological polar surface area (TPSA) is 66.4 Å². The number of benzene rings is 2. The minimum absolute atomic E-state index is 0.0878. The van der Waals surface area contributed by atoms with Crippen LogP contribution in [0.5, 0.6) is 17.2 Å². The van der Waals surface area contributed by atoms with Crippen LogP contribution in [0.25, 0.3) is 0 Å². The lowest BCUT2D eigenvalue weighted by molar-refractivity contribution is -0.137. The first-order valence-electron chi connectivity index (χ1n) is 10.8. The molecule has 1 saturated heterocycles. The van der Waals surface area contributed by atoms with Crippen molar-refractivity contribution in [1.29, 1.82) is 0 Å². The first-order chi connectivity index (χ1) is 16.3. The van der Waals surface area contributed by atoms with Gasteiger partial charge in [0.1, 0.15) is 23.0 Å². The highest BCUT2D eigenvalue weighted by molar-refractivity contribution is 6.04. The number of carbonyl (C=O) groups is 1. The monoisotopic (exact) mass is 474 g/mol. The average Bonchev–Trinajstić information content (AvgIpc) is 3.15. The van der Waals surface area contributed by atoms with Crippen molar-refractivity contribution < 1.29 is 27.4 Å². The molecule has 2 aromatic rings. The molecule has 2 aromatic carbocycles. The number of rotatable bonds is 3. The molecule has 2 amide bonds. The first-order valence-corrected chi connectivity index (χ1v) is 10.8. The molecule has 10 heteroatoms. The van der Waals surface area contributed by atoms with Crippen molar-refractivity contribution in [2.24, 2.45) is 4.99 Å². The Bertz CT molecular complexity index is 1120. The summed E-state index contributed by atoms with van der Waals surface area (Å²) in [6.45, 7) is 5.99. The molecule has 2 aliphatic rings. The van der Waals surface area contributed by atoms with E-state index in [2.05, 4.69) is 16.9 Å². The van der Waals surface area contributed by atoms with Crippen molar-refractivity contribution in [3.63, 3.8) is 0 Å². The van der Waals surface area contributed by atoms with Crippen molar-refractivity contribution in [3.05, 3.63) is 60.2 Å². The Kier molecular flexibility index (Phi) is 6.67. The van der Waals surface area contributed by atoms with Gasteiger partial charge in [0.2, 0.25) is 0 Å². The SMILES string of the molecule is C=CCNC(=O)N1CCCN(C2=Nc3cc(C(F)(F)F)ccc3Oc3cc(OC)ccc32)CC1. The van der Waals surface area contributed by atoms with Crippen LogP contribution >= 0.6 is 0 Å². The molecule has 1 fully saturated rings. The number of hydrogen-bond acceptors (Lipinski definition) is 5. The lowest BCUT2D eigenvalue weighted by atomic mass is 10.1. The zero-order valence-corrected chi connectivity index (χ0v) is 18.7. The van der Waals surface area contributed by atoms with Gasteiger partial charge in [0, 0.05) is 38.8 Å². The molecule has 180 valence electrons. The third-order valence-electron chi connectivity index (χ3n) is 5.64. The van der Waals surface area contributed by atoms with E-state index in [1.807, 2.05) is 4.90 Å². The molecule has 0 atom stereocenters. The lowest BCUT2D eigenvalue weighted by Gasteiger charge is -2.25. The molecule has 2 heterocycles. The molecule has 0 spiro atoms. The number of fused-ring (bicyclic) bond motifs is 2. The summed E-state index contributed by atoms with van der Waals surface area (Å²) in [5.41, 5.74) is -0.0812. The summed E-state index contributed by atoms with van der Waals surface area (Å²) in [7, 11) is 1.53. The summed E-state index contributed by atoms with van der Waals surface area (Å²) in [5.74, 6) is 1.69. The maximum absolute atomic E-state index is 13.4. The van der Waals surface area contributed by atoms with Gasteiger partial charge in [-0.2, -0.15) is 13.2 Å². The number of amides is 2. The molecule has 34 heavy (non-hydrogen) atoms. The molecule has 1 N–H and O–H groups in total. The predicted molar refractivity (Wildman–Crippen MR) is 122 cm³/mol. The van der Waals surface area contributed by atoms with E-state index in [0.29, 0.717) is 62.0 Å². The van der Waals surface area contributed by atoms with Crippen LogP contribution < -0.4 is 14.8 Å². The molecular weight excluding hydrogens is 449 g/mol. The number of alkyl halides is 3. The third-order valence-corrected chi connectivity index (χ3v) is 5.64. The van der Waals surface area contributed by atoms with Gasteiger partial charge in [-0.05, 0) is 36.8 Å². The van der Waals surface area contributed by atoms with E-state index in [9.17, 15) is 18.0 Å². The highest BCUT2D eigenvalue weighted by Crippen LogP contribution is 2.42. The normalized spacial score (nSPS) is 15.7. The predicted octanol–water partition coefficient (Wildman–Crippen LogP) is 4.80. The number of carbonyl (C=O) groups excluding carboxylic acids is 1. The van der Waals surface area contributed by atoms with E-state index < -0.39 is 11.7 Å². The van der Waals surface area contributed by atoms with Crippen molar-refractivity contribution >= 4 is 17.6 Å². The number of urea groups is 1. The van der Waals surface area contributed by atoms with Crippen LogP contribution in [0.15, 0.2) is 54.0 Å². The Morgan fingerprint density at radius 3 is 2.74 bits per heavy atom. The van der Waals surface area contributed by atoms with E-state index in [0.717, 1.165) is 12.1 Å². The van der Waals surface area contributed by atoms with E-state index >= 15 is 0 Å². The second-order valence-corrected chi connectivity index (χ2v) is 7.88. The summed E-state index contributed by atoms with van der Waals surface area (Å²) in [6.07, 6.45) is -2.22. The van der Waals surface area contributed by atoms with E-state index in [4.69, 9.17) is 9.47 Å². The summed E-state index contributed by atoms with van der Waals surface area (Å²) >= 11 is 0. The number of ether oxygens (including phenoxy) is 2. The largest absolute Gasteiger partial charge is 0.497 e. The summed E-state index contributed by atoms with van der Waals surface area (Å²) in [6, 6.07) is 8.28. The van der Waals surface area contributed by atoms with Gasteiger partial charge in [-0.3, -0.25) is 0 Å². The third kappa shape index (κ3) is 4.95. The molecule has 0 unspecified atom stereocenters. The molecule has 0 bridgehead atoms. The minimum Gasteiger partial charge on any atom is -0.497 e. The van der Waals surface area contributed by atoms with E-state index in [1.54, 1.807) is 29.2 Å². The Hall–Kier alpha value is -3.69. The van der Waals surface area contributed by atoms with Gasteiger partial charge in [-0.25, -0.2) is 9.79 Å². The van der Waals surface area contributed by atoms with Gasteiger partial charge < -0.3 is 24.6 Å². The van der Waals surface area contributed by atoms with Crippen LogP contribution in [0.1, 0.15) is 17.5 Å². The number of nitrogens with zero attached hydrogens (tertiary/aromatic N) is 3. The smallest absolute Gasteiger partial charge is 0.416 e. The van der Waals surface area contributed by atoms with E-state index in [-0.39, 0.29) is 17.5 Å². The zero-order chi connectivity index (χ0) is 24.3. The fraction of sp³-hybridized carbons (Fsp3) is 0.333. The molecule has 2 aliphatic heterocycles. The van der Waals surface area contributed by atoms with Crippen molar-refractivity contribution in [2.45, 2.75) is 12.6 Å². The number of nitrogens with one attached hydrogen (secondary N) is 1. The van der Waals surface area contributed by atoms with E-state index in [1.165, 1.54) is 13.2 Å². The van der Waals surface area contributed by atoms with Crippen molar-refractivity contribution in [1.82, 2.24) is 15.1 Å². The van der Waals surface area contributed by atoms with Gasteiger partial charge in [0.05, 0.1) is 18.2 Å². The highest BCUT2D eigenvalue weighted by atomic mass is 19.4. The number of amidine groups is 1. The fourth-order valence-corrected chi connectivity index (χ4v) is 3.90. The van der Waals surface area contributed by atoms with Crippen LogP contribution in [0, 0.1) is 0 Å². The van der Waals surface area contributed by atoms with Gasteiger partial charge in [-0.1, -0.05) is 6.08 Å². The van der Waals surface area contributed by atoms with Crippen LogP contribution in [-0.4, -0.2) is 61.5 Å². The molecule has 0 aromatic heterocycles. The number of hydrogen-bond donors (Lipinski definition) is 1. The molecular formula is C24H25F3N4O3. The van der Waals surface area contributed by atoms with Crippen LogP contribution in [0.3, 0.4) is 0 Å². The maximum Gasteiger partial charge on any atom is 0.416 e. The van der Waals surface area contributed by atoms with Crippen molar-refractivity contribution in [2.75, 3.05) is 39.8 Å². The maximum atomic E-state index is 13.4. The zero-order valence-electron chi connectivity index (χ0n) is 18.7. The summed E-state index contributed by atoms with van der Waals surface area (Å²) in [4.78, 5) is 20.7. The quantitative estimate of drug-likeness (QED) is 0.649. The molecule has 7 nitrogen and oxygen atoms in total. The second kappa shape index (κ2) is 9.66. The Labute approximate surface area is 195 Å².